The lowest BCUT2D eigenvalue weighted by molar-refractivity contribution is 0.309. The Balaban J connectivity index is 1.63. The summed E-state index contributed by atoms with van der Waals surface area (Å²) in [5.41, 5.74) is 3.77. The van der Waals surface area contributed by atoms with Gasteiger partial charge in [-0.1, -0.05) is 48.6 Å². The average molecular weight is 355 g/mol. The predicted molar refractivity (Wildman–Crippen MR) is 107 cm³/mol. The number of unbranched alkanes of at least 4 members (excludes halogenated alkanes) is 1. The van der Waals surface area contributed by atoms with Crippen molar-refractivity contribution in [2.75, 3.05) is 6.61 Å². The van der Waals surface area contributed by atoms with Gasteiger partial charge in [-0.25, -0.2) is 9.97 Å². The van der Waals surface area contributed by atoms with Gasteiger partial charge in [-0.2, -0.15) is 5.26 Å². The van der Waals surface area contributed by atoms with Crippen molar-refractivity contribution in [2.24, 2.45) is 0 Å². The molecule has 1 heterocycles. The average Bonchev–Trinajstić information content (AvgIpc) is 2.74. The Hall–Kier alpha value is -3.45. The zero-order valence-electron chi connectivity index (χ0n) is 15.3. The summed E-state index contributed by atoms with van der Waals surface area (Å²) < 4.78 is 5.66. The number of nitriles is 1. The van der Waals surface area contributed by atoms with Crippen LogP contribution in [0.2, 0.25) is 0 Å². The molecule has 0 bridgehead atoms. The van der Waals surface area contributed by atoms with E-state index in [1.807, 2.05) is 61.5 Å². The summed E-state index contributed by atoms with van der Waals surface area (Å²) in [4.78, 5) is 8.81. The molecule has 0 spiro atoms. The Morgan fingerprint density at radius 1 is 0.926 bits per heavy atom. The summed E-state index contributed by atoms with van der Waals surface area (Å²) in [6.45, 7) is 2.68. The van der Waals surface area contributed by atoms with Crippen LogP contribution in [0.1, 0.15) is 25.3 Å². The second kappa shape index (κ2) is 9.30. The highest BCUT2D eigenvalue weighted by Crippen LogP contribution is 2.24. The van der Waals surface area contributed by atoms with Crippen molar-refractivity contribution >= 4 is 0 Å². The van der Waals surface area contributed by atoms with Crippen molar-refractivity contribution in [1.29, 1.82) is 5.26 Å². The highest BCUT2D eigenvalue weighted by molar-refractivity contribution is 5.68. The number of allylic oxidation sites excluding steroid dienone is 2. The molecular weight excluding hydrogens is 334 g/mol. The molecule has 0 atom stereocenters. The molecular formula is C23H21N3O. The lowest BCUT2D eigenvalue weighted by atomic mass is 10.0. The van der Waals surface area contributed by atoms with E-state index in [-0.39, 0.29) is 0 Å². The second-order valence-corrected chi connectivity index (χ2v) is 6.07. The molecule has 27 heavy (non-hydrogen) atoms. The van der Waals surface area contributed by atoms with Crippen molar-refractivity contribution < 1.29 is 4.74 Å². The van der Waals surface area contributed by atoms with Crippen LogP contribution in [0.15, 0.2) is 73.1 Å². The van der Waals surface area contributed by atoms with E-state index >= 15 is 0 Å². The second-order valence-electron chi connectivity index (χ2n) is 6.07. The molecule has 0 saturated heterocycles. The first-order chi connectivity index (χ1) is 13.3. The van der Waals surface area contributed by atoms with E-state index < -0.39 is 0 Å². The van der Waals surface area contributed by atoms with Gasteiger partial charge in [-0.15, -0.1) is 0 Å². The summed E-state index contributed by atoms with van der Waals surface area (Å²) in [6.07, 6.45) is 9.60. The van der Waals surface area contributed by atoms with E-state index in [1.54, 1.807) is 12.4 Å². The van der Waals surface area contributed by atoms with Gasteiger partial charge in [0.1, 0.15) is 0 Å². The maximum Gasteiger partial charge on any atom is 0.159 e. The van der Waals surface area contributed by atoms with Crippen molar-refractivity contribution in [3.63, 3.8) is 0 Å². The van der Waals surface area contributed by atoms with Gasteiger partial charge >= 0.3 is 0 Å². The highest BCUT2D eigenvalue weighted by atomic mass is 16.5. The molecule has 0 aliphatic rings. The molecule has 0 amide bonds. The number of nitrogens with zero attached hydrogens (tertiary/aromatic N) is 3. The molecule has 134 valence electrons. The standard InChI is InChI=1S/C23H21N3O/c1-2-3-4-5-14-27-22-16-25-23(26-17-22)21-12-10-20(11-13-21)19-8-6-18(15-24)7-9-19/h2-3,6-13,16-17H,4-5,14H2,1H3/b3-2+. The molecule has 0 unspecified atom stereocenters. The van der Waals surface area contributed by atoms with Crippen LogP contribution in [0.25, 0.3) is 22.5 Å². The maximum absolute atomic E-state index is 8.89. The van der Waals surface area contributed by atoms with Gasteiger partial charge in [-0.3, -0.25) is 0 Å². The fourth-order valence-corrected chi connectivity index (χ4v) is 2.65. The van der Waals surface area contributed by atoms with Gasteiger partial charge in [0.2, 0.25) is 0 Å². The monoisotopic (exact) mass is 355 g/mol. The minimum atomic E-state index is 0.659. The molecule has 0 saturated carbocycles. The number of hydrogen-bond acceptors (Lipinski definition) is 4. The largest absolute Gasteiger partial charge is 0.490 e. The molecule has 0 radical (unpaired) electrons. The van der Waals surface area contributed by atoms with Gasteiger partial charge in [0.15, 0.2) is 11.6 Å². The van der Waals surface area contributed by atoms with Gasteiger partial charge in [-0.05, 0) is 43.0 Å². The lowest BCUT2D eigenvalue weighted by Crippen LogP contribution is -1.98. The third-order valence-electron chi connectivity index (χ3n) is 4.14. The third kappa shape index (κ3) is 5.02. The first-order valence-corrected chi connectivity index (χ1v) is 8.97. The van der Waals surface area contributed by atoms with Gasteiger partial charge in [0.05, 0.1) is 30.6 Å². The molecule has 2 aromatic carbocycles. The first-order valence-electron chi connectivity index (χ1n) is 8.97. The van der Waals surface area contributed by atoms with Crippen molar-refractivity contribution in [3.05, 3.63) is 78.6 Å². The highest BCUT2D eigenvalue weighted by Gasteiger charge is 2.04. The normalized spacial score (nSPS) is 10.7. The molecule has 0 N–H and O–H groups in total. The zero-order valence-corrected chi connectivity index (χ0v) is 15.3. The number of benzene rings is 2. The number of ether oxygens (including phenoxy) is 1. The van der Waals surface area contributed by atoms with Crippen LogP contribution in [-0.2, 0) is 0 Å². The molecule has 0 fully saturated rings. The van der Waals surface area contributed by atoms with Crippen molar-refractivity contribution in [2.45, 2.75) is 19.8 Å². The van der Waals surface area contributed by atoms with Gasteiger partial charge < -0.3 is 4.74 Å². The van der Waals surface area contributed by atoms with E-state index in [0.29, 0.717) is 23.7 Å². The molecule has 0 aliphatic heterocycles. The van der Waals surface area contributed by atoms with Crippen LogP contribution >= 0.6 is 0 Å². The maximum atomic E-state index is 8.89. The van der Waals surface area contributed by atoms with Crippen LogP contribution in [0.4, 0.5) is 0 Å². The molecule has 3 rings (SSSR count). The van der Waals surface area contributed by atoms with Gasteiger partial charge in [0.25, 0.3) is 0 Å². The van der Waals surface area contributed by atoms with Crippen LogP contribution in [-0.4, -0.2) is 16.6 Å². The molecule has 1 aromatic heterocycles. The van der Waals surface area contributed by atoms with Crippen molar-refractivity contribution in [3.8, 4) is 34.3 Å². The third-order valence-corrected chi connectivity index (χ3v) is 4.14. The Kier molecular flexibility index (Phi) is 6.32. The van der Waals surface area contributed by atoms with Crippen LogP contribution in [0.3, 0.4) is 0 Å². The van der Waals surface area contributed by atoms with Crippen LogP contribution in [0.5, 0.6) is 5.75 Å². The van der Waals surface area contributed by atoms with Crippen molar-refractivity contribution in [1.82, 2.24) is 9.97 Å². The van der Waals surface area contributed by atoms with Gasteiger partial charge in [0, 0.05) is 5.56 Å². The summed E-state index contributed by atoms with van der Waals surface area (Å²) >= 11 is 0. The Morgan fingerprint density at radius 2 is 1.52 bits per heavy atom. The summed E-state index contributed by atoms with van der Waals surface area (Å²) in [7, 11) is 0. The predicted octanol–water partition coefficient (Wildman–Crippen LogP) is 5.42. The Morgan fingerprint density at radius 3 is 2.11 bits per heavy atom. The van der Waals surface area contributed by atoms with E-state index in [4.69, 9.17) is 10.00 Å². The summed E-state index contributed by atoms with van der Waals surface area (Å²) in [6, 6.07) is 17.7. The van der Waals surface area contributed by atoms with Crippen LogP contribution in [0, 0.1) is 11.3 Å². The zero-order chi connectivity index (χ0) is 18.9. The fraction of sp³-hybridized carbons (Fsp3) is 0.174. The minimum absolute atomic E-state index is 0.659. The van der Waals surface area contributed by atoms with Crippen LogP contribution < -0.4 is 4.74 Å². The quantitative estimate of drug-likeness (QED) is 0.419. The van der Waals surface area contributed by atoms with E-state index in [2.05, 4.69) is 22.1 Å². The summed E-state index contributed by atoms with van der Waals surface area (Å²) in [5.74, 6) is 1.36. The van der Waals surface area contributed by atoms with E-state index in [1.165, 1.54) is 0 Å². The van der Waals surface area contributed by atoms with E-state index in [9.17, 15) is 0 Å². The molecule has 4 heteroatoms. The fourth-order valence-electron chi connectivity index (χ4n) is 2.65. The van der Waals surface area contributed by atoms with E-state index in [0.717, 1.165) is 29.5 Å². The molecule has 0 aliphatic carbocycles. The SMILES string of the molecule is C/C=C/CCCOc1cnc(-c2ccc(-c3ccc(C#N)cc3)cc2)nc1. The Bertz CT molecular complexity index is 921. The number of aromatic nitrogens is 2. The summed E-state index contributed by atoms with van der Waals surface area (Å²) in [5, 5.41) is 8.89. The topological polar surface area (TPSA) is 58.8 Å². The number of hydrogen-bond donors (Lipinski definition) is 0. The lowest BCUT2D eigenvalue weighted by Gasteiger charge is -2.06. The smallest absolute Gasteiger partial charge is 0.159 e. The molecule has 4 nitrogen and oxygen atoms in total. The number of rotatable bonds is 7. The minimum Gasteiger partial charge on any atom is -0.490 e. The molecule has 3 aromatic rings. The first kappa shape index (κ1) is 18.3. The Labute approximate surface area is 159 Å².